The first-order valence-electron chi connectivity index (χ1n) is 22.9. The minimum absolute atomic E-state index is 0.0253. The minimum atomic E-state index is -0.827. The summed E-state index contributed by atoms with van der Waals surface area (Å²) >= 11 is 0. The molecule has 17 heteroatoms. The molecule has 3 amide bonds. The summed E-state index contributed by atoms with van der Waals surface area (Å²) in [5.41, 5.74) is 5.99. The molecule has 1 N–H and O–H groups in total. The zero-order valence-electron chi connectivity index (χ0n) is 38.0. The number of carbonyl (C=O) groups is 2. The van der Waals surface area contributed by atoms with Gasteiger partial charge in [-0.1, -0.05) is 18.1 Å². The second-order valence-electron chi connectivity index (χ2n) is 19.7. The number of nitrogens with zero attached hydrogens (tertiary/aromatic N) is 9. The summed E-state index contributed by atoms with van der Waals surface area (Å²) < 4.78 is 38.4. The van der Waals surface area contributed by atoms with Crippen molar-refractivity contribution in [2.24, 2.45) is 13.0 Å². The van der Waals surface area contributed by atoms with Crippen molar-refractivity contribution in [3.05, 3.63) is 111 Å². The van der Waals surface area contributed by atoms with Crippen molar-refractivity contribution in [2.45, 2.75) is 96.4 Å². The molecule has 16 nitrogen and oxygen atoms in total. The molecular formula is C49H51FN10O6. The van der Waals surface area contributed by atoms with Crippen LogP contribution in [-0.2, 0) is 23.7 Å². The molecule has 8 heterocycles. The van der Waals surface area contributed by atoms with Gasteiger partial charge in [0.2, 0.25) is 0 Å². The van der Waals surface area contributed by atoms with Crippen LogP contribution in [0.2, 0.25) is 0 Å². The molecule has 5 aliphatic rings. The highest BCUT2D eigenvalue weighted by Crippen LogP contribution is 2.56. The number of halogens is 1. The number of aromatic amines is 1. The fourth-order valence-electron chi connectivity index (χ4n) is 11.7. The van der Waals surface area contributed by atoms with E-state index in [0.29, 0.717) is 78.1 Å². The fraction of sp³-hybridized carbons (Fsp3) is 0.429. The quantitative estimate of drug-likeness (QED) is 0.178. The Kier molecular flexibility index (Phi) is 8.72. The maximum absolute atomic E-state index is 15.6. The highest BCUT2D eigenvalue weighted by atomic mass is 19.1. The lowest BCUT2D eigenvalue weighted by molar-refractivity contribution is -0.0592. The third-order valence-electron chi connectivity index (χ3n) is 15.1. The van der Waals surface area contributed by atoms with Gasteiger partial charge in [-0.25, -0.2) is 18.7 Å². The molecule has 1 saturated carbocycles. The van der Waals surface area contributed by atoms with Crippen molar-refractivity contribution >= 4 is 45.2 Å². The van der Waals surface area contributed by atoms with Crippen molar-refractivity contribution in [1.82, 2.24) is 39.2 Å². The zero-order chi connectivity index (χ0) is 45.7. The Morgan fingerprint density at radius 2 is 1.77 bits per heavy atom. The summed E-state index contributed by atoms with van der Waals surface area (Å²) in [4.78, 5) is 51.5. The van der Waals surface area contributed by atoms with Gasteiger partial charge >= 0.3 is 11.8 Å². The Morgan fingerprint density at radius 1 is 1.00 bits per heavy atom. The summed E-state index contributed by atoms with van der Waals surface area (Å²) in [5.74, 6) is 0.663. The maximum atomic E-state index is 15.6. The Labute approximate surface area is 378 Å². The van der Waals surface area contributed by atoms with E-state index >= 15 is 14.0 Å². The molecular weight excluding hydrogens is 844 g/mol. The van der Waals surface area contributed by atoms with Gasteiger partial charge in [0.25, 0.3) is 5.91 Å². The van der Waals surface area contributed by atoms with E-state index in [1.807, 2.05) is 37.1 Å². The van der Waals surface area contributed by atoms with Gasteiger partial charge < -0.3 is 18.9 Å². The molecule has 1 aliphatic carbocycles. The molecule has 3 fully saturated rings. The Balaban J connectivity index is 0.982. The van der Waals surface area contributed by atoms with E-state index in [9.17, 15) is 4.79 Å². The molecule has 0 bridgehead atoms. The molecule has 4 aromatic heterocycles. The van der Waals surface area contributed by atoms with Crippen molar-refractivity contribution in [3.8, 4) is 11.4 Å². The topological polar surface area (TPSA) is 162 Å². The highest BCUT2D eigenvalue weighted by molar-refractivity contribution is 6.10. The number of hydrogen-bond acceptors (Lipinski definition) is 9. The van der Waals surface area contributed by atoms with Gasteiger partial charge in [-0.05, 0) is 125 Å². The van der Waals surface area contributed by atoms with Crippen LogP contribution in [0.5, 0.6) is 5.75 Å². The predicted molar refractivity (Wildman–Crippen MR) is 243 cm³/mol. The Hall–Kier alpha value is -6.75. The van der Waals surface area contributed by atoms with Gasteiger partial charge in [0, 0.05) is 43.1 Å². The van der Waals surface area contributed by atoms with Crippen LogP contribution in [0, 0.1) is 25.6 Å². The number of rotatable bonds is 6. The first kappa shape index (κ1) is 40.7. The van der Waals surface area contributed by atoms with Crippen LogP contribution in [0.25, 0.3) is 27.5 Å². The van der Waals surface area contributed by atoms with Gasteiger partial charge in [0.05, 0.1) is 58.4 Å². The summed E-state index contributed by atoms with van der Waals surface area (Å²) in [7, 11) is 1.87. The Morgan fingerprint density at radius 3 is 2.50 bits per heavy atom. The van der Waals surface area contributed by atoms with Crippen LogP contribution in [0.3, 0.4) is 0 Å². The van der Waals surface area contributed by atoms with Crippen LogP contribution >= 0.6 is 0 Å². The van der Waals surface area contributed by atoms with Crippen LogP contribution in [0.1, 0.15) is 103 Å². The molecule has 4 aliphatic heterocycles. The van der Waals surface area contributed by atoms with Crippen molar-refractivity contribution in [1.29, 1.82) is 0 Å². The van der Waals surface area contributed by atoms with Crippen LogP contribution < -0.4 is 20.3 Å². The average Bonchev–Trinajstić information content (AvgIpc) is 3.91. The number of amides is 3. The largest absolute Gasteiger partial charge is 0.488 e. The van der Waals surface area contributed by atoms with Crippen LogP contribution in [0.15, 0.2) is 64.0 Å². The molecule has 5 atom stereocenters. The molecule has 66 heavy (non-hydrogen) atoms. The summed E-state index contributed by atoms with van der Waals surface area (Å²) in [6.07, 6.45) is 4.57. The molecule has 0 radical (unpaired) electrons. The summed E-state index contributed by atoms with van der Waals surface area (Å²) in [6.45, 7) is 13.4. The number of ether oxygens (including phenoxy) is 2. The highest BCUT2D eigenvalue weighted by Gasteiger charge is 2.59. The Bertz CT molecular complexity index is 3240. The van der Waals surface area contributed by atoms with Crippen molar-refractivity contribution in [3.63, 3.8) is 0 Å². The van der Waals surface area contributed by atoms with Crippen LogP contribution in [0.4, 0.5) is 20.7 Å². The number of urea groups is 1. The number of aromatic nitrogens is 7. The molecule has 12 rings (SSSR count). The SMILES string of the molecule is Cc1cc(-n2nc3c(c2N2C[C@@H]4COc5c(ccc6c5cnn6C)N4C2=O)[C@H](C)N(C(=O)c2cc4cc([C@H]5CCOC(C)(C)C5)ccc4n2[C@@]2(c4noc(=O)[nH]4)C[C@@H]2C)CC3)cc(C)c1F. The predicted octanol–water partition coefficient (Wildman–Crippen LogP) is 7.57. The lowest BCUT2D eigenvalue weighted by atomic mass is 9.83. The number of fused-ring (bicyclic) bond motifs is 7. The average molecular weight is 895 g/mol. The number of anilines is 2. The first-order chi connectivity index (χ1) is 31.6. The molecule has 0 spiro atoms. The second-order valence-corrected chi connectivity index (χ2v) is 19.7. The molecule has 340 valence electrons. The van der Waals surface area contributed by atoms with E-state index in [2.05, 4.69) is 58.8 Å². The minimum Gasteiger partial charge on any atom is -0.488 e. The monoisotopic (exact) mass is 894 g/mol. The fourth-order valence-corrected chi connectivity index (χ4v) is 11.7. The summed E-state index contributed by atoms with van der Waals surface area (Å²) in [6, 6.07) is 14.7. The number of nitrogens with one attached hydrogen (secondary N) is 1. The number of aryl methyl sites for hydroxylation is 3. The smallest absolute Gasteiger partial charge is 0.438 e. The molecule has 3 aromatic carbocycles. The maximum Gasteiger partial charge on any atom is 0.438 e. The van der Waals surface area contributed by atoms with Gasteiger partial charge in [-0.15, -0.1) is 0 Å². The van der Waals surface area contributed by atoms with Gasteiger partial charge in [-0.3, -0.25) is 28.8 Å². The number of carbonyl (C=O) groups excluding carboxylic acids is 2. The van der Waals surface area contributed by atoms with E-state index < -0.39 is 17.3 Å². The third-order valence-corrected chi connectivity index (χ3v) is 15.1. The molecule has 2 saturated heterocycles. The van der Waals surface area contributed by atoms with Gasteiger partial charge in [0.1, 0.15) is 29.5 Å². The lowest BCUT2D eigenvalue weighted by Crippen LogP contribution is -2.42. The normalized spacial score (nSPS) is 24.5. The van der Waals surface area contributed by atoms with E-state index in [0.717, 1.165) is 45.9 Å². The number of hydrogen-bond donors (Lipinski definition) is 1. The van der Waals surface area contributed by atoms with E-state index in [1.165, 1.54) is 5.56 Å². The molecule has 7 aromatic rings. The lowest BCUT2D eigenvalue weighted by Gasteiger charge is -2.35. The van der Waals surface area contributed by atoms with Gasteiger partial charge in [-0.2, -0.15) is 10.2 Å². The zero-order valence-corrected chi connectivity index (χ0v) is 38.0. The standard InChI is InChI=1S/C49H51FN10O6/c1-25-16-32(17-26(2)41(25)50)60-43(57-23-33-24-64-42-34-22-51-55(7)37(34)10-11-38(42)58(33)47(57)63)40-28(4)56(14-12-35(40)53-60)44(61)39-19-31-18-29(30-13-15-65-48(5,6)21-30)8-9-36(31)59(39)49(20-27(49)3)45-52-46(62)66-54-45/h8-11,16-19,22,27-28,30,33H,12-15,20-21,23-24H2,1-7H3,(H,52,54,62)/t27-,28-,30-,33+,49-/m0/s1. The first-order valence-corrected chi connectivity index (χ1v) is 22.9. The second kappa shape index (κ2) is 14.1. The summed E-state index contributed by atoms with van der Waals surface area (Å²) in [5, 5.41) is 15.6. The van der Waals surface area contributed by atoms with Crippen molar-refractivity contribution < 1.29 is 28.0 Å². The number of benzene rings is 3. The van der Waals surface area contributed by atoms with Crippen LogP contribution in [-0.4, -0.2) is 89.1 Å². The van der Waals surface area contributed by atoms with Crippen molar-refractivity contribution in [2.75, 3.05) is 36.1 Å². The third kappa shape index (κ3) is 5.83. The van der Waals surface area contributed by atoms with E-state index in [-0.39, 0.29) is 47.8 Å². The van der Waals surface area contributed by atoms with Gasteiger partial charge in [0.15, 0.2) is 11.6 Å². The number of H-pyrrole nitrogens is 1. The molecule has 0 unspecified atom stereocenters. The van der Waals surface area contributed by atoms with E-state index in [4.69, 9.17) is 19.1 Å². The van der Waals surface area contributed by atoms with E-state index in [1.54, 1.807) is 51.3 Å².